The first-order valence-electron chi connectivity index (χ1n) is 12.3. The molecule has 0 saturated carbocycles. The molecule has 0 spiro atoms. The minimum absolute atomic E-state index is 0.0119. The molecule has 0 aromatic carbocycles. The van der Waals surface area contributed by atoms with Gasteiger partial charge in [-0.1, -0.05) is 28.1 Å². The molecule has 6 N–H and O–H groups in total. The number of amides is 2. The van der Waals surface area contributed by atoms with Gasteiger partial charge in [0, 0.05) is 30.5 Å². The summed E-state index contributed by atoms with van der Waals surface area (Å²) in [5, 5.41) is 32.8. The number of nitrogens with one attached hydrogen (secondary N) is 3. The molecule has 2 aliphatic rings. The molecule has 2 amide bonds. The fourth-order valence-electron chi connectivity index (χ4n) is 3.95. The Balaban J connectivity index is 1.50. The zero-order chi connectivity index (χ0) is 30.6. The standard InChI is InChI=1S/C23H26ClN9O7S2/c1-10(21(36)37)40-31-14(13-17(24)42-23(25)30-13)18(34)29-15-19(35)33-16(22(38)39)11(8-41-20(15)33)7-32-6-3-12(28-9-32)27-5-4-26-2/h3,6,9-10,15,20,26H,4-5,7-8H2,1-2H3,(H5,25,29,30,34,36,37,38,39)/b31-14-/t10-,15+,20+/m0/s1. The van der Waals surface area contributed by atoms with Gasteiger partial charge in [0.2, 0.25) is 11.9 Å². The molecule has 2 aliphatic heterocycles. The highest BCUT2D eigenvalue weighted by Crippen LogP contribution is 2.40. The maximum Gasteiger partial charge on any atom is 0.347 e. The Labute approximate surface area is 252 Å². The van der Waals surface area contributed by atoms with E-state index in [1.54, 1.807) is 23.2 Å². The van der Waals surface area contributed by atoms with Crippen molar-refractivity contribution in [1.82, 2.24) is 25.5 Å². The molecule has 1 saturated heterocycles. The van der Waals surface area contributed by atoms with Gasteiger partial charge in [0.15, 0.2) is 10.8 Å². The lowest BCUT2D eigenvalue weighted by atomic mass is 10.0. The van der Waals surface area contributed by atoms with E-state index in [2.05, 4.69) is 31.1 Å². The van der Waals surface area contributed by atoms with Gasteiger partial charge in [0.1, 0.15) is 28.0 Å². The second-order valence-electron chi connectivity index (χ2n) is 8.95. The van der Waals surface area contributed by atoms with Gasteiger partial charge in [0.05, 0.1) is 17.9 Å². The van der Waals surface area contributed by atoms with Gasteiger partial charge in [0.25, 0.3) is 18.1 Å². The highest BCUT2D eigenvalue weighted by Gasteiger charge is 2.53. The molecule has 42 heavy (non-hydrogen) atoms. The summed E-state index contributed by atoms with van der Waals surface area (Å²) in [6.07, 6.45) is 1.87. The first-order valence-corrected chi connectivity index (χ1v) is 14.6. The summed E-state index contributed by atoms with van der Waals surface area (Å²) in [5.41, 5.74) is 5.16. The molecule has 4 heterocycles. The van der Waals surface area contributed by atoms with E-state index in [0.29, 0.717) is 17.9 Å². The number of oxime groups is 1. The van der Waals surface area contributed by atoms with Crippen molar-refractivity contribution in [3.05, 3.63) is 39.9 Å². The normalized spacial score (nSPS) is 19.1. The molecule has 2 aromatic heterocycles. The molecular weight excluding hydrogens is 614 g/mol. The van der Waals surface area contributed by atoms with Gasteiger partial charge in [-0.25, -0.2) is 14.3 Å². The number of rotatable bonds is 13. The fourth-order valence-corrected chi connectivity index (χ4v) is 6.22. The molecule has 0 bridgehead atoms. The number of likely N-dealkylation sites (N-methyl/N-ethyl adjacent to an activating group) is 1. The number of thiazole rings is 1. The lowest BCUT2D eigenvalue weighted by Gasteiger charge is -2.50. The number of halogens is 1. The van der Waals surface area contributed by atoms with Crippen molar-refractivity contribution in [2.75, 3.05) is 36.9 Å². The van der Waals surface area contributed by atoms with Crippen molar-refractivity contribution in [2.24, 2.45) is 5.16 Å². The van der Waals surface area contributed by atoms with Crippen LogP contribution >= 0.6 is 34.7 Å². The zero-order valence-electron chi connectivity index (χ0n) is 22.2. The second-order valence-corrected chi connectivity index (χ2v) is 11.7. The van der Waals surface area contributed by atoms with Crippen molar-refractivity contribution >= 4 is 75.1 Å². The monoisotopic (exact) mass is 639 g/mol. The molecular formula is C23H26ClN9O7S2. The number of carbonyl (C=O) groups excluding carboxylic acids is 3. The van der Waals surface area contributed by atoms with Gasteiger partial charge >= 0.3 is 5.97 Å². The summed E-state index contributed by atoms with van der Waals surface area (Å²) in [6.45, 7) is 2.77. The number of nitrogen functional groups attached to an aromatic ring is 1. The fraction of sp³-hybridized carbons (Fsp3) is 0.391. The lowest BCUT2D eigenvalue weighted by Crippen LogP contribution is -2.71. The van der Waals surface area contributed by atoms with Gasteiger partial charge in [-0.15, -0.1) is 11.8 Å². The molecule has 16 nitrogen and oxygen atoms in total. The van der Waals surface area contributed by atoms with E-state index in [-0.39, 0.29) is 33.2 Å². The van der Waals surface area contributed by atoms with E-state index in [0.717, 1.165) is 22.8 Å². The number of aromatic nitrogens is 3. The Hall–Kier alpha value is -4.00. The van der Waals surface area contributed by atoms with Gasteiger partial charge < -0.3 is 41.5 Å². The number of nitrogens with zero attached hydrogens (tertiary/aromatic N) is 5. The van der Waals surface area contributed by atoms with Crippen molar-refractivity contribution in [3.8, 4) is 0 Å². The number of carbonyl (C=O) groups is 4. The number of hydrogen-bond donors (Lipinski definition) is 5. The van der Waals surface area contributed by atoms with Gasteiger partial charge in [-0.05, 0) is 19.0 Å². The zero-order valence-corrected chi connectivity index (χ0v) is 24.6. The summed E-state index contributed by atoms with van der Waals surface area (Å²) in [7, 11) is 1.84. The number of nitrogens with two attached hydrogens (primary N) is 1. The Morgan fingerprint density at radius 3 is 2.76 bits per heavy atom. The van der Waals surface area contributed by atoms with Crippen molar-refractivity contribution < 1.29 is 38.8 Å². The summed E-state index contributed by atoms with van der Waals surface area (Å²) < 4.78 is 1.66. The summed E-state index contributed by atoms with van der Waals surface area (Å²) in [5.74, 6) is -3.63. The second kappa shape index (κ2) is 13.3. The maximum atomic E-state index is 13.2. The highest BCUT2D eigenvalue weighted by atomic mass is 35.5. The highest BCUT2D eigenvalue weighted by molar-refractivity contribution is 8.00. The third-order valence-electron chi connectivity index (χ3n) is 6.04. The molecule has 2 aromatic rings. The van der Waals surface area contributed by atoms with Crippen molar-refractivity contribution in [1.29, 1.82) is 0 Å². The largest absolute Gasteiger partial charge is 0.543 e. The van der Waals surface area contributed by atoms with Crippen LogP contribution in [0.2, 0.25) is 4.34 Å². The average molecular weight is 640 g/mol. The first kappa shape index (κ1) is 30.9. The molecule has 0 unspecified atom stereocenters. The smallest absolute Gasteiger partial charge is 0.347 e. The molecule has 0 radical (unpaired) electrons. The van der Waals surface area contributed by atoms with Crippen LogP contribution in [0.1, 0.15) is 12.6 Å². The van der Waals surface area contributed by atoms with E-state index < -0.39 is 47.0 Å². The summed E-state index contributed by atoms with van der Waals surface area (Å²) in [4.78, 5) is 63.8. The van der Waals surface area contributed by atoms with Crippen molar-refractivity contribution in [3.63, 3.8) is 0 Å². The topological polar surface area (TPSA) is 228 Å². The van der Waals surface area contributed by atoms with Crippen molar-refractivity contribution in [2.45, 2.75) is 31.0 Å². The predicted molar refractivity (Wildman–Crippen MR) is 150 cm³/mol. The van der Waals surface area contributed by atoms with Crippen LogP contribution in [0.25, 0.3) is 0 Å². The van der Waals surface area contributed by atoms with E-state index in [4.69, 9.17) is 27.3 Å². The van der Waals surface area contributed by atoms with Crippen LogP contribution in [0.15, 0.2) is 35.0 Å². The van der Waals surface area contributed by atoms with E-state index in [1.807, 2.05) is 7.05 Å². The number of carboxylic acids is 2. The maximum absolute atomic E-state index is 13.2. The number of hydrogen-bond acceptors (Lipinski definition) is 14. The van der Waals surface area contributed by atoms with Crippen LogP contribution in [-0.2, 0) is 30.6 Å². The molecule has 3 atom stereocenters. The number of fused-ring (bicyclic) bond motifs is 1. The molecule has 19 heteroatoms. The van der Waals surface area contributed by atoms with Crippen LogP contribution in [0.5, 0.6) is 0 Å². The third kappa shape index (κ3) is 6.72. The van der Waals surface area contributed by atoms with Crippen LogP contribution in [-0.4, -0.2) is 92.8 Å². The van der Waals surface area contributed by atoms with Gasteiger partial charge in [-0.2, -0.15) is 0 Å². The Morgan fingerprint density at radius 2 is 2.17 bits per heavy atom. The quantitative estimate of drug-likeness (QED) is 0.0525. The number of thioether (sulfide) groups is 1. The third-order valence-corrected chi connectivity index (χ3v) is 8.47. The number of aliphatic carboxylic acids is 2. The van der Waals surface area contributed by atoms with E-state index in [1.165, 1.54) is 18.7 Å². The number of carboxylic acid groups (broad SMARTS) is 2. The van der Waals surface area contributed by atoms with Crippen LogP contribution in [0.3, 0.4) is 0 Å². The molecule has 0 aliphatic carbocycles. The predicted octanol–water partition coefficient (Wildman–Crippen LogP) is -2.01. The number of β-lactam (4-membered cyclic amide) rings is 1. The number of anilines is 2. The summed E-state index contributed by atoms with van der Waals surface area (Å²) in [6, 6.07) is 0.614. The Kier molecular flexibility index (Phi) is 9.81. The first-order chi connectivity index (χ1) is 20.0. The minimum Gasteiger partial charge on any atom is -0.543 e. The SMILES string of the molecule is CNCCNc1cc[n+](CC2=C(C(=O)[O-])N3C(=O)[C@@H](NC(=O)/C(=N\O[C@@H](C)C(=O)O)c4nc(N)sc4Cl)[C@H]3SC2)cn1. The Bertz CT molecular complexity index is 1450. The van der Waals surface area contributed by atoms with Crippen LogP contribution in [0.4, 0.5) is 10.9 Å². The lowest BCUT2D eigenvalue weighted by molar-refractivity contribution is -0.691. The van der Waals surface area contributed by atoms with E-state index in [9.17, 15) is 24.3 Å². The average Bonchev–Trinajstić information content (AvgIpc) is 3.29. The minimum atomic E-state index is -1.53. The Morgan fingerprint density at radius 1 is 1.40 bits per heavy atom. The molecule has 4 rings (SSSR count). The van der Waals surface area contributed by atoms with E-state index >= 15 is 0 Å². The van der Waals surface area contributed by atoms with Crippen LogP contribution < -0.4 is 31.4 Å². The summed E-state index contributed by atoms with van der Waals surface area (Å²) >= 11 is 8.23. The molecule has 224 valence electrons. The molecule has 1 fully saturated rings. The van der Waals surface area contributed by atoms with Crippen LogP contribution in [0, 0.1) is 0 Å². The van der Waals surface area contributed by atoms with Gasteiger partial charge in [-0.3, -0.25) is 14.5 Å².